The van der Waals surface area contributed by atoms with Crippen LogP contribution in [0, 0.1) is 0 Å². The Balaban J connectivity index is 1.61. The molecule has 0 aromatic heterocycles. The number of carbonyl (C=O) groups is 1. The lowest BCUT2D eigenvalue weighted by molar-refractivity contribution is -0.127. The Morgan fingerprint density at radius 1 is 1.15 bits per heavy atom. The molecule has 1 heterocycles. The summed E-state index contributed by atoms with van der Waals surface area (Å²) >= 11 is 12.0. The largest absolute Gasteiger partial charge is 0.479 e. The van der Waals surface area contributed by atoms with Crippen molar-refractivity contribution in [3.8, 4) is 5.75 Å². The number of carbonyl (C=O) groups excluding carboxylic acids is 1. The summed E-state index contributed by atoms with van der Waals surface area (Å²) in [5.41, 5.74) is 1.22. The number of rotatable bonds is 7. The van der Waals surface area contributed by atoms with Crippen LogP contribution in [0.4, 0.5) is 0 Å². The van der Waals surface area contributed by atoms with Gasteiger partial charge in [0.1, 0.15) is 5.75 Å². The van der Waals surface area contributed by atoms with Crippen molar-refractivity contribution in [3.63, 3.8) is 0 Å². The lowest BCUT2D eigenvalue weighted by Gasteiger charge is -2.28. The smallest absolute Gasteiger partial charge is 0.260 e. The van der Waals surface area contributed by atoms with E-state index in [1.165, 1.54) is 18.4 Å². The van der Waals surface area contributed by atoms with Gasteiger partial charge in [0.25, 0.3) is 5.91 Å². The Labute approximate surface area is 170 Å². The number of ether oxygens (including phenoxy) is 1. The lowest BCUT2D eigenvalue weighted by atomic mass is 10.1. The van der Waals surface area contributed by atoms with Crippen LogP contribution in [0.2, 0.25) is 10.0 Å². The summed E-state index contributed by atoms with van der Waals surface area (Å²) in [7, 11) is 0. The van der Waals surface area contributed by atoms with E-state index in [1.54, 1.807) is 25.1 Å². The monoisotopic (exact) mass is 406 g/mol. The highest BCUT2D eigenvalue weighted by molar-refractivity contribution is 6.35. The summed E-state index contributed by atoms with van der Waals surface area (Å²) in [6.07, 6.45) is 1.75. The number of hydrogen-bond donors (Lipinski definition) is 1. The Kier molecular flexibility index (Phi) is 7.00. The molecule has 2 aromatic carbocycles. The van der Waals surface area contributed by atoms with Crippen LogP contribution in [-0.2, 0) is 4.79 Å². The number of amides is 1. The molecule has 2 atom stereocenters. The predicted octanol–water partition coefficient (Wildman–Crippen LogP) is 4.71. The van der Waals surface area contributed by atoms with E-state index < -0.39 is 6.10 Å². The van der Waals surface area contributed by atoms with E-state index in [0.717, 1.165) is 13.1 Å². The molecule has 1 saturated heterocycles. The van der Waals surface area contributed by atoms with Gasteiger partial charge in [-0.05, 0) is 56.6 Å². The Morgan fingerprint density at radius 3 is 2.52 bits per heavy atom. The van der Waals surface area contributed by atoms with Crippen molar-refractivity contribution in [2.45, 2.75) is 31.9 Å². The summed E-state index contributed by atoms with van der Waals surface area (Å²) in [5, 5.41) is 3.95. The fourth-order valence-electron chi connectivity index (χ4n) is 3.34. The molecule has 1 amide bonds. The summed E-state index contributed by atoms with van der Waals surface area (Å²) in [6.45, 7) is 4.38. The number of halogens is 2. The second-order valence-electron chi connectivity index (χ2n) is 6.75. The molecular formula is C21H24Cl2N2O2. The fraction of sp³-hybridized carbons (Fsp3) is 0.381. The van der Waals surface area contributed by atoms with Crippen LogP contribution in [0.5, 0.6) is 5.75 Å². The highest BCUT2D eigenvalue weighted by Crippen LogP contribution is 2.28. The van der Waals surface area contributed by atoms with Crippen molar-refractivity contribution in [2.24, 2.45) is 0 Å². The molecule has 1 fully saturated rings. The van der Waals surface area contributed by atoms with Crippen molar-refractivity contribution < 1.29 is 9.53 Å². The van der Waals surface area contributed by atoms with Crippen LogP contribution in [0.3, 0.4) is 0 Å². The molecule has 144 valence electrons. The number of nitrogens with zero attached hydrogens (tertiary/aromatic N) is 1. The van der Waals surface area contributed by atoms with E-state index >= 15 is 0 Å². The summed E-state index contributed by atoms with van der Waals surface area (Å²) in [4.78, 5) is 15.0. The van der Waals surface area contributed by atoms with Crippen LogP contribution in [0.15, 0.2) is 48.5 Å². The third kappa shape index (κ3) is 5.38. The van der Waals surface area contributed by atoms with Gasteiger partial charge < -0.3 is 10.1 Å². The first-order valence-corrected chi connectivity index (χ1v) is 9.98. The van der Waals surface area contributed by atoms with Gasteiger partial charge in [0, 0.05) is 11.6 Å². The quantitative estimate of drug-likeness (QED) is 0.723. The second kappa shape index (κ2) is 9.45. The molecule has 1 aliphatic heterocycles. The van der Waals surface area contributed by atoms with Gasteiger partial charge in [0.15, 0.2) is 6.10 Å². The molecule has 0 bridgehead atoms. The van der Waals surface area contributed by atoms with E-state index in [0.29, 0.717) is 22.3 Å². The zero-order valence-corrected chi connectivity index (χ0v) is 16.8. The molecule has 0 saturated carbocycles. The molecule has 0 spiro atoms. The zero-order chi connectivity index (χ0) is 19.2. The van der Waals surface area contributed by atoms with Gasteiger partial charge in [0.2, 0.25) is 0 Å². The number of benzene rings is 2. The van der Waals surface area contributed by atoms with Gasteiger partial charge in [-0.15, -0.1) is 0 Å². The van der Waals surface area contributed by atoms with E-state index in [4.69, 9.17) is 27.9 Å². The van der Waals surface area contributed by atoms with E-state index in [1.807, 2.05) is 18.2 Å². The van der Waals surface area contributed by atoms with Gasteiger partial charge in [-0.1, -0.05) is 53.5 Å². The zero-order valence-electron chi connectivity index (χ0n) is 15.3. The topological polar surface area (TPSA) is 41.6 Å². The molecule has 0 aliphatic carbocycles. The molecule has 0 radical (unpaired) electrons. The molecule has 1 aliphatic rings. The molecule has 1 N–H and O–H groups in total. The molecule has 4 nitrogen and oxygen atoms in total. The maximum atomic E-state index is 12.6. The van der Waals surface area contributed by atoms with Gasteiger partial charge in [-0.3, -0.25) is 9.69 Å². The van der Waals surface area contributed by atoms with Crippen LogP contribution in [0.25, 0.3) is 0 Å². The molecule has 2 aromatic rings. The van der Waals surface area contributed by atoms with Gasteiger partial charge >= 0.3 is 0 Å². The summed E-state index contributed by atoms with van der Waals surface area (Å²) < 4.78 is 5.71. The van der Waals surface area contributed by atoms with Crippen molar-refractivity contribution >= 4 is 29.1 Å². The van der Waals surface area contributed by atoms with Crippen LogP contribution < -0.4 is 10.1 Å². The first kappa shape index (κ1) is 20.0. The normalized spacial score (nSPS) is 16.7. The van der Waals surface area contributed by atoms with Gasteiger partial charge in [-0.25, -0.2) is 0 Å². The summed E-state index contributed by atoms with van der Waals surface area (Å²) in [5.74, 6) is 0.281. The maximum Gasteiger partial charge on any atom is 0.260 e. The second-order valence-corrected chi connectivity index (χ2v) is 7.59. The lowest BCUT2D eigenvalue weighted by Crippen LogP contribution is -2.42. The van der Waals surface area contributed by atoms with Crippen LogP contribution >= 0.6 is 23.2 Å². The van der Waals surface area contributed by atoms with Crippen LogP contribution in [0.1, 0.15) is 31.4 Å². The van der Waals surface area contributed by atoms with Crippen molar-refractivity contribution in [3.05, 3.63) is 64.1 Å². The van der Waals surface area contributed by atoms with Crippen LogP contribution in [-0.4, -0.2) is 36.5 Å². The third-order valence-electron chi connectivity index (χ3n) is 4.80. The van der Waals surface area contributed by atoms with Crippen molar-refractivity contribution in [1.82, 2.24) is 10.2 Å². The Bertz CT molecular complexity index is 764. The first-order chi connectivity index (χ1) is 13.0. The highest BCUT2D eigenvalue weighted by atomic mass is 35.5. The number of likely N-dealkylation sites (tertiary alicyclic amines) is 1. The molecular weight excluding hydrogens is 383 g/mol. The predicted molar refractivity (Wildman–Crippen MR) is 110 cm³/mol. The Morgan fingerprint density at radius 2 is 1.85 bits per heavy atom. The SMILES string of the molecule is CC(Oc1ccc(Cl)cc1Cl)C(=O)NCC(c1ccccc1)N1CCCC1. The average Bonchev–Trinajstić information content (AvgIpc) is 3.19. The van der Waals surface area contributed by atoms with Gasteiger partial charge in [-0.2, -0.15) is 0 Å². The third-order valence-corrected chi connectivity index (χ3v) is 5.33. The van der Waals surface area contributed by atoms with Crippen molar-refractivity contribution in [1.29, 1.82) is 0 Å². The molecule has 2 unspecified atom stereocenters. The van der Waals surface area contributed by atoms with E-state index in [2.05, 4.69) is 22.3 Å². The fourth-order valence-corrected chi connectivity index (χ4v) is 3.80. The van der Waals surface area contributed by atoms with E-state index in [9.17, 15) is 4.79 Å². The first-order valence-electron chi connectivity index (χ1n) is 9.23. The molecule has 27 heavy (non-hydrogen) atoms. The molecule has 6 heteroatoms. The average molecular weight is 407 g/mol. The minimum absolute atomic E-state index is 0.166. The number of hydrogen-bond acceptors (Lipinski definition) is 3. The van der Waals surface area contributed by atoms with Crippen molar-refractivity contribution in [2.75, 3.05) is 19.6 Å². The number of nitrogens with one attached hydrogen (secondary N) is 1. The van der Waals surface area contributed by atoms with E-state index in [-0.39, 0.29) is 11.9 Å². The standard InChI is InChI=1S/C21H24Cl2N2O2/c1-15(27-20-10-9-17(22)13-18(20)23)21(26)24-14-19(25-11-5-6-12-25)16-7-3-2-4-8-16/h2-4,7-10,13,15,19H,5-6,11-12,14H2,1H3,(H,24,26). The molecule has 3 rings (SSSR count). The maximum absolute atomic E-state index is 12.6. The minimum atomic E-state index is -0.654. The minimum Gasteiger partial charge on any atom is -0.479 e. The summed E-state index contributed by atoms with van der Waals surface area (Å²) in [6, 6.07) is 15.4. The van der Waals surface area contributed by atoms with Gasteiger partial charge in [0.05, 0.1) is 11.1 Å². The highest BCUT2D eigenvalue weighted by Gasteiger charge is 2.25. The Hall–Kier alpha value is -1.75.